The Bertz CT molecular complexity index is 692. The number of carbonyl (C=O) groups is 1. The highest BCUT2D eigenvalue weighted by Gasteiger charge is 2.42. The molecule has 4 rings (SSSR count). The number of nitrogens with zero attached hydrogens (tertiary/aromatic N) is 5. The molecule has 2 saturated heterocycles. The fourth-order valence-electron chi connectivity index (χ4n) is 3.50. The van der Waals surface area contributed by atoms with E-state index in [9.17, 15) is 4.79 Å². The van der Waals surface area contributed by atoms with E-state index in [0.29, 0.717) is 25.3 Å². The van der Waals surface area contributed by atoms with Gasteiger partial charge in [0, 0.05) is 25.5 Å². The number of pyridine rings is 1. The summed E-state index contributed by atoms with van der Waals surface area (Å²) in [6.45, 7) is 3.50. The lowest BCUT2D eigenvalue weighted by atomic mass is 9.90. The quantitative estimate of drug-likeness (QED) is 0.820. The monoisotopic (exact) mass is 345 g/mol. The largest absolute Gasteiger partial charge is 0.369 e. The summed E-state index contributed by atoms with van der Waals surface area (Å²) in [5.41, 5.74) is 2.06. The number of rotatable bonds is 2. The summed E-state index contributed by atoms with van der Waals surface area (Å²) in [6, 6.07) is 3.60. The zero-order chi connectivity index (χ0) is 16.4. The van der Waals surface area contributed by atoms with Gasteiger partial charge in [-0.05, 0) is 25.0 Å². The Morgan fingerprint density at radius 1 is 1.33 bits per heavy atom. The summed E-state index contributed by atoms with van der Waals surface area (Å²) >= 11 is 1.54. The summed E-state index contributed by atoms with van der Waals surface area (Å²) in [5.74, 6) is 0.0267. The number of hydrogen-bond acceptors (Lipinski definition) is 7. The van der Waals surface area contributed by atoms with Crippen molar-refractivity contribution in [3.8, 4) is 0 Å². The Balaban J connectivity index is 1.50. The lowest BCUT2D eigenvalue weighted by molar-refractivity contribution is -0.105. The maximum absolute atomic E-state index is 12.7. The molecular weight excluding hydrogens is 326 g/mol. The van der Waals surface area contributed by atoms with E-state index >= 15 is 0 Å². The molecule has 2 fully saturated rings. The van der Waals surface area contributed by atoms with Crippen LogP contribution in [-0.2, 0) is 4.74 Å². The maximum atomic E-state index is 12.7. The molecule has 1 amide bonds. The van der Waals surface area contributed by atoms with Crippen LogP contribution in [0.3, 0.4) is 0 Å². The molecule has 0 N–H and O–H groups in total. The van der Waals surface area contributed by atoms with Crippen LogP contribution >= 0.6 is 11.3 Å². The van der Waals surface area contributed by atoms with Crippen LogP contribution in [-0.4, -0.2) is 64.4 Å². The predicted octanol–water partition coefficient (Wildman–Crippen LogP) is 1.44. The predicted molar refractivity (Wildman–Crippen MR) is 90.2 cm³/mol. The van der Waals surface area contributed by atoms with E-state index in [1.807, 2.05) is 11.0 Å². The highest BCUT2D eigenvalue weighted by molar-refractivity contribution is 7.13. The van der Waals surface area contributed by atoms with Gasteiger partial charge in [0.1, 0.15) is 11.1 Å². The van der Waals surface area contributed by atoms with Crippen molar-refractivity contribution in [2.45, 2.75) is 18.4 Å². The molecule has 0 aromatic carbocycles. The van der Waals surface area contributed by atoms with Gasteiger partial charge in [-0.2, -0.15) is 0 Å². The molecule has 126 valence electrons. The number of hydrogen-bond donors (Lipinski definition) is 0. The van der Waals surface area contributed by atoms with Crippen LogP contribution in [0.25, 0.3) is 0 Å². The van der Waals surface area contributed by atoms with Crippen LogP contribution in [0, 0.1) is 0 Å². The van der Waals surface area contributed by atoms with E-state index in [2.05, 4.69) is 20.1 Å². The maximum Gasteiger partial charge on any atom is 0.255 e. The van der Waals surface area contributed by atoms with Gasteiger partial charge in [0.15, 0.2) is 0 Å². The zero-order valence-electron chi connectivity index (χ0n) is 13.3. The van der Waals surface area contributed by atoms with Crippen LogP contribution in [0.15, 0.2) is 30.0 Å². The van der Waals surface area contributed by atoms with Gasteiger partial charge in [-0.3, -0.25) is 9.78 Å². The Hall–Kier alpha value is -2.06. The van der Waals surface area contributed by atoms with Crippen LogP contribution < -0.4 is 4.90 Å². The number of morpholine rings is 1. The number of piperidine rings is 1. The van der Waals surface area contributed by atoms with E-state index < -0.39 is 0 Å². The molecule has 24 heavy (non-hydrogen) atoms. The second-order valence-corrected chi connectivity index (χ2v) is 7.06. The lowest BCUT2D eigenvalue weighted by Crippen LogP contribution is -2.60. The second-order valence-electron chi connectivity index (χ2n) is 6.25. The van der Waals surface area contributed by atoms with Crippen molar-refractivity contribution in [1.29, 1.82) is 0 Å². The van der Waals surface area contributed by atoms with E-state index in [4.69, 9.17) is 4.74 Å². The van der Waals surface area contributed by atoms with Gasteiger partial charge in [-0.1, -0.05) is 11.3 Å². The summed E-state index contributed by atoms with van der Waals surface area (Å²) in [7, 11) is 0. The van der Waals surface area contributed by atoms with Crippen molar-refractivity contribution >= 4 is 22.4 Å². The van der Waals surface area contributed by atoms with Crippen LogP contribution in [0.5, 0.6) is 0 Å². The van der Waals surface area contributed by atoms with E-state index in [-0.39, 0.29) is 11.5 Å². The highest BCUT2D eigenvalue weighted by Crippen LogP contribution is 2.32. The topological polar surface area (TPSA) is 71.5 Å². The van der Waals surface area contributed by atoms with E-state index in [0.717, 1.165) is 31.1 Å². The minimum Gasteiger partial charge on any atom is -0.369 e. The van der Waals surface area contributed by atoms with Crippen LogP contribution in [0.2, 0.25) is 0 Å². The molecule has 2 aliphatic heterocycles. The Labute approximate surface area is 144 Å². The van der Waals surface area contributed by atoms with Gasteiger partial charge >= 0.3 is 0 Å². The van der Waals surface area contributed by atoms with Crippen molar-refractivity contribution in [3.05, 3.63) is 35.6 Å². The van der Waals surface area contributed by atoms with Crippen LogP contribution in [0.1, 0.15) is 23.2 Å². The van der Waals surface area contributed by atoms with Crippen molar-refractivity contribution in [2.24, 2.45) is 0 Å². The van der Waals surface area contributed by atoms with Gasteiger partial charge in [0.2, 0.25) is 5.13 Å². The summed E-state index contributed by atoms with van der Waals surface area (Å²) in [4.78, 5) is 20.9. The Morgan fingerprint density at radius 3 is 3.08 bits per heavy atom. The first-order valence-corrected chi connectivity index (χ1v) is 8.98. The third-order valence-electron chi connectivity index (χ3n) is 4.60. The third kappa shape index (κ3) is 2.99. The first-order chi connectivity index (χ1) is 11.8. The van der Waals surface area contributed by atoms with Gasteiger partial charge in [-0.15, -0.1) is 10.2 Å². The average molecular weight is 345 g/mol. The molecule has 7 nitrogen and oxygen atoms in total. The second kappa shape index (κ2) is 6.45. The molecule has 1 atom stereocenters. The number of aromatic nitrogens is 3. The third-order valence-corrected chi connectivity index (χ3v) is 5.35. The molecule has 2 aromatic heterocycles. The normalized spacial score (nSPS) is 24.3. The number of amides is 1. The average Bonchev–Trinajstić information content (AvgIpc) is 3.17. The van der Waals surface area contributed by atoms with Crippen molar-refractivity contribution in [2.75, 3.05) is 37.7 Å². The number of carbonyl (C=O) groups excluding carboxylic acids is 1. The Kier molecular flexibility index (Phi) is 4.15. The fourth-order valence-corrected chi connectivity index (χ4v) is 4.09. The summed E-state index contributed by atoms with van der Waals surface area (Å²) < 4.78 is 6.16. The van der Waals surface area contributed by atoms with Gasteiger partial charge in [0.05, 0.1) is 25.3 Å². The lowest BCUT2D eigenvalue weighted by Gasteiger charge is -2.47. The van der Waals surface area contributed by atoms with Gasteiger partial charge in [-0.25, -0.2) is 0 Å². The van der Waals surface area contributed by atoms with Crippen molar-refractivity contribution < 1.29 is 9.53 Å². The summed E-state index contributed by atoms with van der Waals surface area (Å²) in [5, 5.41) is 9.02. The molecular formula is C16H19N5O2S. The first-order valence-electron chi connectivity index (χ1n) is 8.10. The first kappa shape index (κ1) is 15.5. The molecule has 0 radical (unpaired) electrons. The van der Waals surface area contributed by atoms with Crippen molar-refractivity contribution in [3.63, 3.8) is 0 Å². The standard InChI is InChI=1S/C16H19N5O2S/c22-14(13-3-1-5-17-9-13)20-7-8-23-16(10-20)4-2-6-21(11-16)15-19-18-12-24-15/h1,3,5,9,12H,2,4,6-8,10-11H2. The fraction of sp³-hybridized carbons (Fsp3) is 0.500. The SMILES string of the molecule is O=C(c1cccnc1)N1CCOC2(CCCN(c3nncs3)C2)C1. The zero-order valence-corrected chi connectivity index (χ0v) is 14.1. The van der Waals surface area contributed by atoms with E-state index in [1.165, 1.54) is 0 Å². The van der Waals surface area contributed by atoms with Crippen LogP contribution in [0.4, 0.5) is 5.13 Å². The van der Waals surface area contributed by atoms with Gasteiger partial charge in [0.25, 0.3) is 5.91 Å². The summed E-state index contributed by atoms with van der Waals surface area (Å²) in [6.07, 6.45) is 5.28. The minimum atomic E-state index is -0.319. The number of ether oxygens (including phenoxy) is 1. The highest BCUT2D eigenvalue weighted by atomic mass is 32.1. The number of anilines is 1. The molecule has 0 saturated carbocycles. The molecule has 0 bridgehead atoms. The smallest absolute Gasteiger partial charge is 0.255 e. The Morgan fingerprint density at radius 2 is 2.29 bits per heavy atom. The molecule has 1 spiro atoms. The molecule has 0 aliphatic carbocycles. The molecule has 4 heterocycles. The molecule has 2 aromatic rings. The van der Waals surface area contributed by atoms with Gasteiger partial charge < -0.3 is 14.5 Å². The molecule has 8 heteroatoms. The van der Waals surface area contributed by atoms with E-state index in [1.54, 1.807) is 35.3 Å². The van der Waals surface area contributed by atoms with Crippen molar-refractivity contribution in [1.82, 2.24) is 20.1 Å². The molecule has 2 aliphatic rings. The minimum absolute atomic E-state index is 0.0267. The molecule has 1 unspecified atom stereocenters.